The molecule has 2 aliphatic heterocycles. The first-order valence-electron chi connectivity index (χ1n) is 13.6. The number of phenols is 1. The number of carbonyl (C=O) groups is 3. The molecule has 41 heavy (non-hydrogen) atoms. The smallest absolute Gasteiger partial charge is 0.329 e. The minimum absolute atomic E-state index is 0.0366. The van der Waals surface area contributed by atoms with Crippen molar-refractivity contribution in [3.8, 4) is 11.5 Å². The molecule has 1 aromatic carbocycles. The predicted octanol–water partition coefficient (Wildman–Crippen LogP) is 2.55. The van der Waals surface area contributed by atoms with E-state index in [1.807, 2.05) is 25.7 Å². The third-order valence-electron chi connectivity index (χ3n) is 7.19. The Bertz CT molecular complexity index is 1380. The number of hydrogen-bond acceptors (Lipinski definition) is 9. The molecule has 4 N–H and O–H groups in total. The highest BCUT2D eigenvalue weighted by Crippen LogP contribution is 2.41. The van der Waals surface area contributed by atoms with Gasteiger partial charge in [-0.3, -0.25) is 15.0 Å². The van der Waals surface area contributed by atoms with Gasteiger partial charge in [0.15, 0.2) is 17.2 Å². The molecule has 3 heterocycles. The van der Waals surface area contributed by atoms with Crippen molar-refractivity contribution in [3.05, 3.63) is 46.3 Å². The number of aliphatic carboxylic acids is 1. The Hall–Kier alpha value is -4.19. The Kier molecular flexibility index (Phi) is 8.52. The van der Waals surface area contributed by atoms with Crippen molar-refractivity contribution in [2.45, 2.75) is 52.2 Å². The van der Waals surface area contributed by atoms with Crippen molar-refractivity contribution in [1.82, 2.24) is 15.2 Å². The number of anilines is 1. The van der Waals surface area contributed by atoms with E-state index in [0.29, 0.717) is 59.9 Å². The second-order valence-corrected chi connectivity index (χ2v) is 11.2. The van der Waals surface area contributed by atoms with Gasteiger partial charge in [0.1, 0.15) is 23.9 Å². The first-order chi connectivity index (χ1) is 19.3. The number of Topliss-reactive ketones (excluding diaryl/α,β-unsaturated/α-hetero) is 1. The molecule has 0 aliphatic carbocycles. The van der Waals surface area contributed by atoms with E-state index >= 15 is 0 Å². The number of amidine groups is 1. The number of aromatic hydroxyl groups is 1. The minimum Gasteiger partial charge on any atom is -0.505 e. The molecule has 12 nitrogen and oxygen atoms in total. The molecular formula is C29H37N5O7. The van der Waals surface area contributed by atoms with Crippen LogP contribution in [-0.2, 0) is 21.5 Å². The molecule has 1 saturated heterocycles. The number of carbonyl (C=O) groups excluding carboxylic acids is 2. The summed E-state index contributed by atoms with van der Waals surface area (Å²) in [5.74, 6) is -1.29. The molecule has 2 aromatic rings. The summed E-state index contributed by atoms with van der Waals surface area (Å²) in [6.45, 7) is 8.65. The van der Waals surface area contributed by atoms with Crippen molar-refractivity contribution in [2.24, 2.45) is 0 Å². The van der Waals surface area contributed by atoms with Gasteiger partial charge in [-0.15, -0.1) is 0 Å². The summed E-state index contributed by atoms with van der Waals surface area (Å²) < 4.78 is 11.1. The number of phenolic OH excluding ortho intramolecular Hbond substituents is 1. The molecule has 1 aromatic heterocycles. The van der Waals surface area contributed by atoms with Crippen LogP contribution in [-0.4, -0.2) is 89.6 Å². The zero-order valence-corrected chi connectivity index (χ0v) is 24.0. The van der Waals surface area contributed by atoms with E-state index < -0.39 is 23.9 Å². The number of carboxylic acid groups (broad SMARTS) is 1. The summed E-state index contributed by atoms with van der Waals surface area (Å²) in [5, 5.41) is 31.4. The summed E-state index contributed by atoms with van der Waals surface area (Å²) in [6.07, 6.45) is 0.286. The van der Waals surface area contributed by atoms with Gasteiger partial charge in [0, 0.05) is 43.4 Å². The normalized spacial score (nSPS) is 16.6. The van der Waals surface area contributed by atoms with Gasteiger partial charge in [0.2, 0.25) is 0 Å². The van der Waals surface area contributed by atoms with E-state index in [1.54, 1.807) is 30.0 Å². The molecule has 0 bridgehead atoms. The number of nitrogens with zero attached hydrogens (tertiary/aromatic N) is 3. The second kappa shape index (κ2) is 11.7. The molecule has 12 heteroatoms. The lowest BCUT2D eigenvalue weighted by atomic mass is 9.84. The highest BCUT2D eigenvalue weighted by atomic mass is 16.5. The molecule has 0 spiro atoms. The number of benzene rings is 1. The van der Waals surface area contributed by atoms with Crippen LogP contribution in [0.4, 0.5) is 5.69 Å². The van der Waals surface area contributed by atoms with Gasteiger partial charge in [-0.2, -0.15) is 0 Å². The van der Waals surface area contributed by atoms with Crippen LogP contribution in [0.25, 0.3) is 0 Å². The van der Waals surface area contributed by atoms with Crippen molar-refractivity contribution in [1.29, 1.82) is 5.41 Å². The van der Waals surface area contributed by atoms with Crippen LogP contribution < -0.4 is 15.0 Å². The molecule has 1 atom stereocenters. The van der Waals surface area contributed by atoms with Crippen LogP contribution in [0.1, 0.15) is 71.8 Å². The molecule has 1 unspecified atom stereocenters. The summed E-state index contributed by atoms with van der Waals surface area (Å²) in [4.78, 5) is 44.9. The van der Waals surface area contributed by atoms with E-state index in [1.165, 1.54) is 7.05 Å². The standard InChI is InChI=1S/C29H37N5O7/c1-6-40-22-11-17-12-34(27(30)24(17)32-25(22)28(39)31-5)14-21(35)16-9-19(29(2,3)4)26(38)20(10-16)33-8-7-18(13-33)41-15-23(36)37/h9-11,18,30,38H,6-8,12-15H2,1-5H3,(H,31,39)(H,36,37). The van der Waals surface area contributed by atoms with Gasteiger partial charge < -0.3 is 34.8 Å². The van der Waals surface area contributed by atoms with E-state index in [9.17, 15) is 19.5 Å². The molecular weight excluding hydrogens is 530 g/mol. The molecule has 0 radical (unpaired) electrons. The van der Waals surface area contributed by atoms with Crippen LogP contribution in [0.3, 0.4) is 0 Å². The van der Waals surface area contributed by atoms with Gasteiger partial charge >= 0.3 is 5.97 Å². The third-order valence-corrected chi connectivity index (χ3v) is 7.19. The van der Waals surface area contributed by atoms with Crippen LogP contribution in [0.2, 0.25) is 0 Å². The SMILES string of the molecule is CCOc1cc2c(nc1C(=O)NC)C(=N)N(CC(=O)c1cc(N3CCC(OCC(=O)O)C3)c(O)c(C(C)(C)C)c1)C2. The topological polar surface area (TPSA) is 165 Å². The van der Waals surface area contributed by atoms with Gasteiger partial charge in [0.05, 0.1) is 24.9 Å². The number of pyridine rings is 1. The monoisotopic (exact) mass is 567 g/mol. The number of ketones is 1. The van der Waals surface area contributed by atoms with E-state index in [-0.39, 0.29) is 42.3 Å². The average Bonchev–Trinajstić information content (AvgIpc) is 3.50. The minimum atomic E-state index is -1.04. The highest BCUT2D eigenvalue weighted by molar-refractivity contribution is 6.06. The zero-order valence-electron chi connectivity index (χ0n) is 24.0. The quantitative estimate of drug-likeness (QED) is 0.314. The highest BCUT2D eigenvalue weighted by Gasteiger charge is 2.33. The number of carboxylic acids is 1. The number of fused-ring (bicyclic) bond motifs is 1. The fraction of sp³-hybridized carbons (Fsp3) is 0.483. The first kappa shape index (κ1) is 29.8. The number of amides is 1. The van der Waals surface area contributed by atoms with Crippen LogP contribution >= 0.6 is 0 Å². The lowest BCUT2D eigenvalue weighted by Crippen LogP contribution is -2.31. The van der Waals surface area contributed by atoms with Crippen LogP contribution in [0.5, 0.6) is 11.5 Å². The first-order valence-corrected chi connectivity index (χ1v) is 13.6. The molecule has 2 aliphatic rings. The van der Waals surface area contributed by atoms with E-state index in [2.05, 4.69) is 10.3 Å². The van der Waals surface area contributed by atoms with Gasteiger partial charge in [-0.1, -0.05) is 20.8 Å². The van der Waals surface area contributed by atoms with Crippen LogP contribution in [0.15, 0.2) is 18.2 Å². The Morgan fingerprint density at radius 2 is 1.95 bits per heavy atom. The Morgan fingerprint density at radius 1 is 1.22 bits per heavy atom. The van der Waals surface area contributed by atoms with E-state index in [0.717, 1.165) is 0 Å². The van der Waals surface area contributed by atoms with Crippen LogP contribution in [0, 0.1) is 5.41 Å². The number of rotatable bonds is 10. The number of aromatic nitrogens is 1. The third kappa shape index (κ3) is 6.27. The van der Waals surface area contributed by atoms with Crippen molar-refractivity contribution in [2.75, 3.05) is 44.8 Å². The van der Waals surface area contributed by atoms with Crippen molar-refractivity contribution < 1.29 is 34.1 Å². The Balaban J connectivity index is 1.60. The van der Waals surface area contributed by atoms with Gasteiger partial charge in [-0.25, -0.2) is 9.78 Å². The zero-order chi connectivity index (χ0) is 30.1. The summed E-state index contributed by atoms with van der Waals surface area (Å²) in [6, 6.07) is 5.04. The number of nitrogens with one attached hydrogen (secondary N) is 2. The number of ether oxygens (including phenoxy) is 2. The van der Waals surface area contributed by atoms with E-state index in [4.69, 9.17) is 20.0 Å². The maximum Gasteiger partial charge on any atom is 0.329 e. The average molecular weight is 568 g/mol. The van der Waals surface area contributed by atoms with Crippen molar-refractivity contribution >= 4 is 29.2 Å². The Morgan fingerprint density at radius 3 is 2.59 bits per heavy atom. The molecule has 1 amide bonds. The fourth-order valence-electron chi connectivity index (χ4n) is 5.10. The fourth-order valence-corrected chi connectivity index (χ4v) is 5.10. The lowest BCUT2D eigenvalue weighted by molar-refractivity contribution is -0.143. The molecule has 0 saturated carbocycles. The summed E-state index contributed by atoms with van der Waals surface area (Å²) >= 11 is 0. The summed E-state index contributed by atoms with van der Waals surface area (Å²) in [7, 11) is 1.49. The van der Waals surface area contributed by atoms with Gasteiger partial charge in [0.25, 0.3) is 5.91 Å². The largest absolute Gasteiger partial charge is 0.505 e. The molecule has 1 fully saturated rings. The second-order valence-electron chi connectivity index (χ2n) is 11.2. The lowest BCUT2D eigenvalue weighted by Gasteiger charge is -2.27. The molecule has 4 rings (SSSR count). The van der Waals surface area contributed by atoms with Crippen molar-refractivity contribution in [3.63, 3.8) is 0 Å². The van der Waals surface area contributed by atoms with Gasteiger partial charge in [-0.05, 0) is 37.0 Å². The maximum absolute atomic E-state index is 13.6. The predicted molar refractivity (Wildman–Crippen MR) is 151 cm³/mol. The molecule has 220 valence electrons. The summed E-state index contributed by atoms with van der Waals surface area (Å²) in [5.41, 5.74) is 2.10. The number of hydrogen-bond donors (Lipinski definition) is 4. The maximum atomic E-state index is 13.6. The Labute approximate surface area is 238 Å².